The maximum absolute atomic E-state index is 3.96. The van der Waals surface area contributed by atoms with Gasteiger partial charge in [0.25, 0.3) is 0 Å². The Morgan fingerprint density at radius 2 is 2.27 bits per heavy atom. The smallest absolute Gasteiger partial charge is 0.0167 e. The van der Waals surface area contributed by atoms with Crippen LogP contribution in [0.3, 0.4) is 0 Å². The molecule has 0 aromatic carbocycles. The quantitative estimate of drug-likeness (QED) is 0.468. The predicted molar refractivity (Wildman–Crippen MR) is 55.3 cm³/mol. The van der Waals surface area contributed by atoms with E-state index in [1.807, 2.05) is 18.8 Å². The van der Waals surface area contributed by atoms with Crippen LogP contribution in [0, 0.1) is 0 Å². The third-order valence-corrected chi connectivity index (χ3v) is 2.56. The van der Waals surface area contributed by atoms with Crippen LogP contribution in [0.5, 0.6) is 0 Å². The van der Waals surface area contributed by atoms with E-state index in [2.05, 4.69) is 18.8 Å². The van der Waals surface area contributed by atoms with Crippen LogP contribution in [0.1, 0.15) is 19.8 Å². The van der Waals surface area contributed by atoms with Gasteiger partial charge in [-0.25, -0.2) is 0 Å². The highest BCUT2D eigenvalue weighted by molar-refractivity contribution is 7.99. The van der Waals surface area contributed by atoms with Crippen molar-refractivity contribution >= 4 is 11.8 Å². The average molecular weight is 173 g/mol. The molecule has 11 heavy (non-hydrogen) atoms. The van der Waals surface area contributed by atoms with E-state index < -0.39 is 0 Å². The average Bonchev–Trinajstić information content (AvgIpc) is 1.99. The third-order valence-electron chi connectivity index (χ3n) is 1.38. The molecule has 0 aliphatic rings. The molecule has 0 spiro atoms. The van der Waals surface area contributed by atoms with Crippen molar-refractivity contribution in [3.8, 4) is 0 Å². The maximum atomic E-state index is 3.96. The first-order valence-corrected chi connectivity index (χ1v) is 5.35. The second-order valence-corrected chi connectivity index (χ2v) is 3.79. The topological polar surface area (TPSA) is 12.0 Å². The summed E-state index contributed by atoms with van der Waals surface area (Å²) >= 11 is 1.99. The van der Waals surface area contributed by atoms with Crippen molar-refractivity contribution < 1.29 is 0 Å². The van der Waals surface area contributed by atoms with Crippen LogP contribution in [-0.2, 0) is 0 Å². The molecule has 0 aromatic rings. The zero-order chi connectivity index (χ0) is 8.53. The van der Waals surface area contributed by atoms with Crippen molar-refractivity contribution in [2.24, 2.45) is 0 Å². The minimum atomic E-state index is 0.957. The molecule has 0 saturated heterocycles. The zero-order valence-electron chi connectivity index (χ0n) is 7.65. The van der Waals surface area contributed by atoms with Gasteiger partial charge in [-0.2, -0.15) is 11.8 Å². The molecule has 0 aromatic heterocycles. The van der Waals surface area contributed by atoms with E-state index in [0.717, 1.165) is 12.3 Å². The number of thioether (sulfide) groups is 1. The van der Waals surface area contributed by atoms with Crippen molar-refractivity contribution in [2.75, 3.05) is 25.1 Å². The first kappa shape index (κ1) is 11.1. The lowest BCUT2D eigenvalue weighted by Crippen LogP contribution is -2.11. The first-order valence-electron chi connectivity index (χ1n) is 4.20. The molecule has 0 unspecified atom stereocenters. The standard InChI is InChI=1S/C9H19NS/c1-4-5-6-11-8-9(2)7-10-3/h10H,2,4-8H2,1,3H3. The first-order chi connectivity index (χ1) is 5.31. The fourth-order valence-electron chi connectivity index (χ4n) is 0.764. The van der Waals surface area contributed by atoms with Crippen LogP contribution in [0.25, 0.3) is 0 Å². The van der Waals surface area contributed by atoms with Crippen molar-refractivity contribution in [3.05, 3.63) is 12.2 Å². The molecule has 0 fully saturated rings. The largest absolute Gasteiger partial charge is 0.316 e. The highest BCUT2D eigenvalue weighted by atomic mass is 32.2. The summed E-state index contributed by atoms with van der Waals surface area (Å²) in [4.78, 5) is 0. The second kappa shape index (κ2) is 8.15. The van der Waals surface area contributed by atoms with Crippen molar-refractivity contribution in [1.82, 2.24) is 5.32 Å². The van der Waals surface area contributed by atoms with Crippen LogP contribution in [0.4, 0.5) is 0 Å². The maximum Gasteiger partial charge on any atom is 0.0167 e. The van der Waals surface area contributed by atoms with Gasteiger partial charge < -0.3 is 5.32 Å². The predicted octanol–water partition coefficient (Wildman–Crippen LogP) is 2.30. The summed E-state index contributed by atoms with van der Waals surface area (Å²) in [5.74, 6) is 2.39. The van der Waals surface area contributed by atoms with Gasteiger partial charge in [0, 0.05) is 12.3 Å². The number of hydrogen-bond donors (Lipinski definition) is 1. The molecular formula is C9H19NS. The molecule has 2 heteroatoms. The van der Waals surface area contributed by atoms with E-state index in [4.69, 9.17) is 0 Å². The molecular weight excluding hydrogens is 154 g/mol. The van der Waals surface area contributed by atoms with Gasteiger partial charge in [-0.1, -0.05) is 25.5 Å². The van der Waals surface area contributed by atoms with Crippen LogP contribution >= 0.6 is 11.8 Å². The molecule has 0 saturated carbocycles. The molecule has 0 aliphatic carbocycles. The van der Waals surface area contributed by atoms with Crippen LogP contribution in [-0.4, -0.2) is 25.1 Å². The number of rotatable bonds is 7. The van der Waals surface area contributed by atoms with Gasteiger partial charge >= 0.3 is 0 Å². The van der Waals surface area contributed by atoms with Crippen molar-refractivity contribution in [3.63, 3.8) is 0 Å². The summed E-state index contributed by atoms with van der Waals surface area (Å²) in [5, 5.41) is 3.10. The Morgan fingerprint density at radius 1 is 1.55 bits per heavy atom. The van der Waals surface area contributed by atoms with Crippen molar-refractivity contribution in [1.29, 1.82) is 0 Å². The summed E-state index contributed by atoms with van der Waals surface area (Å²) in [5.41, 5.74) is 1.30. The third kappa shape index (κ3) is 7.95. The zero-order valence-corrected chi connectivity index (χ0v) is 8.47. The number of likely N-dealkylation sites (N-methyl/N-ethyl adjacent to an activating group) is 1. The number of hydrogen-bond acceptors (Lipinski definition) is 2. The Balaban J connectivity index is 3.04. The second-order valence-electron chi connectivity index (χ2n) is 2.69. The summed E-state index contributed by atoms with van der Waals surface area (Å²) < 4.78 is 0. The molecule has 0 bridgehead atoms. The summed E-state index contributed by atoms with van der Waals surface area (Å²) in [7, 11) is 1.96. The Bertz CT molecular complexity index is 102. The molecule has 1 N–H and O–H groups in total. The molecule has 0 radical (unpaired) electrons. The highest BCUT2D eigenvalue weighted by Gasteiger charge is 1.92. The SMILES string of the molecule is C=C(CNC)CSCCCC. The van der Waals surface area contributed by atoms with Gasteiger partial charge in [0.1, 0.15) is 0 Å². The molecule has 0 heterocycles. The molecule has 0 amide bonds. The molecule has 0 atom stereocenters. The Labute approximate surface area is 74.6 Å². The van der Waals surface area contributed by atoms with Crippen LogP contribution < -0.4 is 5.32 Å². The molecule has 66 valence electrons. The molecule has 0 rings (SSSR count). The van der Waals surface area contributed by atoms with Crippen molar-refractivity contribution in [2.45, 2.75) is 19.8 Å². The lowest BCUT2D eigenvalue weighted by molar-refractivity contribution is 0.881. The normalized spacial score (nSPS) is 10.0. The van der Waals surface area contributed by atoms with E-state index in [1.165, 1.54) is 24.2 Å². The van der Waals surface area contributed by atoms with Gasteiger partial charge in [0.05, 0.1) is 0 Å². The number of unbranched alkanes of at least 4 members (excludes halogenated alkanes) is 1. The van der Waals surface area contributed by atoms with E-state index >= 15 is 0 Å². The van der Waals surface area contributed by atoms with E-state index in [9.17, 15) is 0 Å². The molecule has 1 nitrogen and oxygen atoms in total. The van der Waals surface area contributed by atoms with Gasteiger partial charge in [-0.15, -0.1) is 0 Å². The Kier molecular flexibility index (Phi) is 8.19. The highest BCUT2D eigenvalue weighted by Crippen LogP contribution is 2.07. The summed E-state index contributed by atoms with van der Waals surface area (Å²) in [6, 6.07) is 0. The fourth-order valence-corrected chi connectivity index (χ4v) is 1.79. The van der Waals surface area contributed by atoms with Gasteiger partial charge in [-0.3, -0.25) is 0 Å². The van der Waals surface area contributed by atoms with E-state index in [1.54, 1.807) is 0 Å². The lowest BCUT2D eigenvalue weighted by atomic mass is 10.3. The molecule has 0 aliphatic heterocycles. The van der Waals surface area contributed by atoms with Gasteiger partial charge in [0.2, 0.25) is 0 Å². The van der Waals surface area contributed by atoms with E-state index in [0.29, 0.717) is 0 Å². The Hall–Kier alpha value is 0.0500. The van der Waals surface area contributed by atoms with Crippen LogP contribution in [0.15, 0.2) is 12.2 Å². The van der Waals surface area contributed by atoms with Crippen LogP contribution in [0.2, 0.25) is 0 Å². The minimum Gasteiger partial charge on any atom is -0.316 e. The van der Waals surface area contributed by atoms with Gasteiger partial charge in [-0.05, 0) is 19.2 Å². The number of nitrogens with one attached hydrogen (secondary N) is 1. The van der Waals surface area contributed by atoms with Gasteiger partial charge in [0.15, 0.2) is 0 Å². The minimum absolute atomic E-state index is 0.957. The lowest BCUT2D eigenvalue weighted by Gasteiger charge is -2.03. The summed E-state index contributed by atoms with van der Waals surface area (Å²) in [6.07, 6.45) is 2.63. The van der Waals surface area contributed by atoms with E-state index in [-0.39, 0.29) is 0 Å². The summed E-state index contributed by atoms with van der Waals surface area (Å²) in [6.45, 7) is 7.14. The fraction of sp³-hybridized carbons (Fsp3) is 0.778. The Morgan fingerprint density at radius 3 is 2.82 bits per heavy atom. The monoisotopic (exact) mass is 173 g/mol.